The first-order chi connectivity index (χ1) is 7.77. The van der Waals surface area contributed by atoms with Crippen molar-refractivity contribution in [1.82, 2.24) is 10.3 Å². The summed E-state index contributed by atoms with van der Waals surface area (Å²) in [7, 11) is 0. The van der Waals surface area contributed by atoms with Crippen molar-refractivity contribution in [1.29, 1.82) is 0 Å². The molecule has 1 rings (SSSR count). The van der Waals surface area contributed by atoms with E-state index in [4.69, 9.17) is 11.6 Å². The smallest absolute Gasteiger partial charge is 0.220 e. The summed E-state index contributed by atoms with van der Waals surface area (Å²) in [4.78, 5) is 15.8. The standard InChI is InChI=1S/C11H17ClN2OS/c1-2-9(11-13-7-8-16-11)14-10(15)5-3-4-6-12/h7-9H,2-6H2,1H3,(H,14,15). The van der Waals surface area contributed by atoms with Crippen LogP contribution in [0, 0.1) is 0 Å². The van der Waals surface area contributed by atoms with Gasteiger partial charge in [0.15, 0.2) is 0 Å². The van der Waals surface area contributed by atoms with Gasteiger partial charge in [-0.05, 0) is 19.3 Å². The SMILES string of the molecule is CCC(NC(=O)CCCCCl)c1nccs1. The fourth-order valence-electron chi connectivity index (χ4n) is 1.39. The summed E-state index contributed by atoms with van der Waals surface area (Å²) >= 11 is 7.14. The van der Waals surface area contributed by atoms with E-state index in [1.807, 2.05) is 12.3 Å². The number of nitrogens with one attached hydrogen (secondary N) is 1. The number of hydrogen-bond acceptors (Lipinski definition) is 3. The van der Waals surface area contributed by atoms with E-state index < -0.39 is 0 Å². The molecule has 0 aliphatic carbocycles. The van der Waals surface area contributed by atoms with Crippen molar-refractivity contribution < 1.29 is 4.79 Å². The second-order valence-corrected chi connectivity index (χ2v) is 4.85. The maximum atomic E-state index is 11.6. The van der Waals surface area contributed by atoms with E-state index >= 15 is 0 Å². The Kier molecular flexibility index (Phi) is 6.42. The van der Waals surface area contributed by atoms with Crippen molar-refractivity contribution in [3.63, 3.8) is 0 Å². The first kappa shape index (κ1) is 13.5. The molecule has 1 aromatic rings. The summed E-state index contributed by atoms with van der Waals surface area (Å²) in [6.45, 7) is 2.05. The molecule has 0 saturated carbocycles. The Morgan fingerprint density at radius 3 is 3.00 bits per heavy atom. The maximum absolute atomic E-state index is 11.6. The van der Waals surface area contributed by atoms with Crippen molar-refractivity contribution in [3.8, 4) is 0 Å². The van der Waals surface area contributed by atoms with Gasteiger partial charge in [-0.15, -0.1) is 22.9 Å². The summed E-state index contributed by atoms with van der Waals surface area (Å²) in [6.07, 6.45) is 4.93. The Balaban J connectivity index is 2.36. The second kappa shape index (κ2) is 7.63. The van der Waals surface area contributed by atoms with Crippen molar-refractivity contribution in [3.05, 3.63) is 16.6 Å². The van der Waals surface area contributed by atoms with Gasteiger partial charge in [0.2, 0.25) is 5.91 Å². The highest BCUT2D eigenvalue weighted by Crippen LogP contribution is 2.18. The molecule has 1 unspecified atom stereocenters. The van der Waals surface area contributed by atoms with Crippen LogP contribution in [0.4, 0.5) is 0 Å². The number of aromatic nitrogens is 1. The van der Waals surface area contributed by atoms with Crippen molar-refractivity contribution >= 4 is 28.8 Å². The maximum Gasteiger partial charge on any atom is 0.220 e. The minimum Gasteiger partial charge on any atom is -0.347 e. The predicted octanol–water partition coefficient (Wildman–Crippen LogP) is 3.12. The van der Waals surface area contributed by atoms with Gasteiger partial charge in [-0.1, -0.05) is 6.92 Å². The minimum absolute atomic E-state index is 0.0588. The van der Waals surface area contributed by atoms with Crippen LogP contribution >= 0.6 is 22.9 Å². The van der Waals surface area contributed by atoms with Gasteiger partial charge in [0, 0.05) is 23.9 Å². The van der Waals surface area contributed by atoms with Gasteiger partial charge < -0.3 is 5.32 Å². The van der Waals surface area contributed by atoms with Crippen LogP contribution in [-0.2, 0) is 4.79 Å². The number of thiazole rings is 1. The van der Waals surface area contributed by atoms with Gasteiger partial charge in [0.25, 0.3) is 0 Å². The van der Waals surface area contributed by atoms with Crippen LogP contribution in [-0.4, -0.2) is 16.8 Å². The van der Waals surface area contributed by atoms with Gasteiger partial charge in [-0.25, -0.2) is 4.98 Å². The van der Waals surface area contributed by atoms with Crippen LogP contribution in [0.2, 0.25) is 0 Å². The van der Waals surface area contributed by atoms with E-state index in [-0.39, 0.29) is 11.9 Å². The van der Waals surface area contributed by atoms with E-state index in [0.29, 0.717) is 12.3 Å². The normalized spacial score (nSPS) is 12.4. The monoisotopic (exact) mass is 260 g/mol. The molecule has 90 valence electrons. The molecule has 0 aliphatic rings. The van der Waals surface area contributed by atoms with Gasteiger partial charge in [-0.2, -0.15) is 0 Å². The third kappa shape index (κ3) is 4.49. The van der Waals surface area contributed by atoms with Gasteiger partial charge in [0.1, 0.15) is 5.01 Å². The molecule has 1 heterocycles. The lowest BCUT2D eigenvalue weighted by molar-refractivity contribution is -0.122. The Morgan fingerprint density at radius 2 is 2.44 bits per heavy atom. The van der Waals surface area contributed by atoms with Crippen LogP contribution in [0.5, 0.6) is 0 Å². The minimum atomic E-state index is 0.0588. The first-order valence-electron chi connectivity index (χ1n) is 5.52. The fraction of sp³-hybridized carbons (Fsp3) is 0.636. The zero-order valence-electron chi connectivity index (χ0n) is 9.41. The number of rotatable bonds is 7. The Bertz CT molecular complexity index is 303. The zero-order valence-corrected chi connectivity index (χ0v) is 11.0. The molecule has 5 heteroatoms. The van der Waals surface area contributed by atoms with Crippen LogP contribution in [0.15, 0.2) is 11.6 Å². The molecule has 0 aromatic carbocycles. The third-order valence-electron chi connectivity index (χ3n) is 2.28. The quantitative estimate of drug-likeness (QED) is 0.605. The highest BCUT2D eigenvalue weighted by molar-refractivity contribution is 7.09. The molecule has 0 radical (unpaired) electrons. The average Bonchev–Trinajstić information content (AvgIpc) is 2.79. The molecule has 0 fully saturated rings. The molecular weight excluding hydrogens is 244 g/mol. The number of halogens is 1. The van der Waals surface area contributed by atoms with Gasteiger partial charge >= 0.3 is 0 Å². The van der Waals surface area contributed by atoms with Crippen LogP contribution in [0.3, 0.4) is 0 Å². The molecule has 0 aliphatic heterocycles. The van der Waals surface area contributed by atoms with Crippen LogP contribution in [0.25, 0.3) is 0 Å². The molecule has 0 saturated heterocycles. The predicted molar refractivity (Wildman–Crippen MR) is 67.9 cm³/mol. The molecule has 1 N–H and O–H groups in total. The van der Waals surface area contributed by atoms with Crippen molar-refractivity contribution in [2.75, 3.05) is 5.88 Å². The molecule has 1 amide bonds. The number of nitrogens with zero attached hydrogens (tertiary/aromatic N) is 1. The average molecular weight is 261 g/mol. The topological polar surface area (TPSA) is 42.0 Å². The lowest BCUT2D eigenvalue weighted by atomic mass is 10.2. The molecule has 1 aromatic heterocycles. The van der Waals surface area contributed by atoms with E-state index in [1.54, 1.807) is 17.5 Å². The fourth-order valence-corrected chi connectivity index (χ4v) is 2.35. The van der Waals surface area contributed by atoms with E-state index in [9.17, 15) is 4.79 Å². The highest BCUT2D eigenvalue weighted by Gasteiger charge is 2.14. The summed E-state index contributed by atoms with van der Waals surface area (Å²) < 4.78 is 0. The Morgan fingerprint density at radius 1 is 1.62 bits per heavy atom. The number of unbranched alkanes of at least 4 members (excludes halogenated alkanes) is 1. The highest BCUT2D eigenvalue weighted by atomic mass is 35.5. The van der Waals surface area contributed by atoms with Gasteiger partial charge in [0.05, 0.1) is 6.04 Å². The number of carbonyl (C=O) groups excluding carboxylic acids is 1. The summed E-state index contributed by atoms with van der Waals surface area (Å²) in [5.74, 6) is 0.712. The summed E-state index contributed by atoms with van der Waals surface area (Å²) in [5.41, 5.74) is 0. The number of amides is 1. The third-order valence-corrected chi connectivity index (χ3v) is 3.44. The Labute approximate surface area is 105 Å². The molecule has 0 spiro atoms. The van der Waals surface area contributed by atoms with Crippen molar-refractivity contribution in [2.45, 2.75) is 38.6 Å². The molecule has 1 atom stereocenters. The van der Waals surface area contributed by atoms with E-state index in [1.165, 1.54) is 0 Å². The van der Waals surface area contributed by atoms with Crippen molar-refractivity contribution in [2.24, 2.45) is 0 Å². The lowest BCUT2D eigenvalue weighted by Crippen LogP contribution is -2.27. The first-order valence-corrected chi connectivity index (χ1v) is 6.94. The Hall–Kier alpha value is -0.610. The van der Waals surface area contributed by atoms with E-state index in [2.05, 4.69) is 10.3 Å². The largest absolute Gasteiger partial charge is 0.347 e. The zero-order chi connectivity index (χ0) is 11.8. The summed E-state index contributed by atoms with van der Waals surface area (Å²) in [6, 6.07) is 0.0588. The van der Waals surface area contributed by atoms with Crippen LogP contribution < -0.4 is 5.32 Å². The van der Waals surface area contributed by atoms with E-state index in [0.717, 1.165) is 24.3 Å². The molecule has 0 bridgehead atoms. The number of carbonyl (C=O) groups is 1. The second-order valence-electron chi connectivity index (χ2n) is 3.54. The molecule has 16 heavy (non-hydrogen) atoms. The molecular formula is C11H17ClN2OS. The number of hydrogen-bond donors (Lipinski definition) is 1. The molecule has 3 nitrogen and oxygen atoms in total. The van der Waals surface area contributed by atoms with Gasteiger partial charge in [-0.3, -0.25) is 4.79 Å². The van der Waals surface area contributed by atoms with Crippen LogP contribution in [0.1, 0.15) is 43.7 Å². The summed E-state index contributed by atoms with van der Waals surface area (Å²) in [5, 5.41) is 5.90. The number of alkyl halides is 1. The lowest BCUT2D eigenvalue weighted by Gasteiger charge is -2.14.